The second kappa shape index (κ2) is 5.32. The molecule has 0 fully saturated rings. The Bertz CT molecular complexity index is 953. The van der Waals surface area contributed by atoms with Gasteiger partial charge in [0, 0.05) is 22.7 Å². The predicted molar refractivity (Wildman–Crippen MR) is 91.9 cm³/mol. The van der Waals surface area contributed by atoms with Crippen molar-refractivity contribution in [3.63, 3.8) is 0 Å². The van der Waals surface area contributed by atoms with Crippen molar-refractivity contribution in [2.45, 2.75) is 19.4 Å². The van der Waals surface area contributed by atoms with E-state index in [0.29, 0.717) is 23.0 Å². The van der Waals surface area contributed by atoms with Crippen LogP contribution in [0.5, 0.6) is 0 Å². The summed E-state index contributed by atoms with van der Waals surface area (Å²) in [6.07, 6.45) is 8.42. The van der Waals surface area contributed by atoms with Crippen LogP contribution < -0.4 is 5.56 Å². The molecule has 0 spiro atoms. The van der Waals surface area contributed by atoms with Crippen LogP contribution in [0.25, 0.3) is 0 Å². The Morgan fingerprint density at radius 2 is 2.09 bits per heavy atom. The molecule has 2 aromatic rings. The minimum absolute atomic E-state index is 0.0214. The van der Waals surface area contributed by atoms with Gasteiger partial charge in [0.2, 0.25) is 5.95 Å². The van der Waals surface area contributed by atoms with Crippen molar-refractivity contribution in [1.82, 2.24) is 9.55 Å². The number of allylic oxidation sites excluding steroid dienone is 4. The van der Waals surface area contributed by atoms with Gasteiger partial charge in [0.15, 0.2) is 0 Å². The van der Waals surface area contributed by atoms with Gasteiger partial charge in [-0.25, -0.2) is 4.99 Å². The smallest absolute Gasteiger partial charge is 0.278 e. The molecule has 0 saturated heterocycles. The van der Waals surface area contributed by atoms with Crippen molar-refractivity contribution >= 4 is 23.3 Å². The van der Waals surface area contributed by atoms with E-state index >= 15 is 0 Å². The Kier molecular flexibility index (Phi) is 3.27. The van der Waals surface area contributed by atoms with Crippen LogP contribution in [0.15, 0.2) is 58.4 Å². The van der Waals surface area contributed by atoms with Crippen LogP contribution in [0.3, 0.4) is 0 Å². The maximum Gasteiger partial charge on any atom is 0.278 e. The van der Waals surface area contributed by atoms with E-state index in [1.807, 2.05) is 54.0 Å². The molecule has 1 unspecified atom stereocenters. The number of nitrogens with zero attached hydrogens (tertiary/aromatic N) is 3. The lowest BCUT2D eigenvalue weighted by Gasteiger charge is -2.18. The molecular weight excluding hydrogens is 310 g/mol. The van der Waals surface area contributed by atoms with E-state index in [1.165, 1.54) is 0 Å². The maximum absolute atomic E-state index is 12.4. The topological polar surface area (TPSA) is 47.2 Å². The summed E-state index contributed by atoms with van der Waals surface area (Å²) in [5, 5.41) is 0.661. The fourth-order valence-electron chi connectivity index (χ4n) is 3.07. The zero-order chi connectivity index (χ0) is 16.0. The van der Waals surface area contributed by atoms with Crippen LogP contribution in [0.2, 0.25) is 5.02 Å². The first-order chi connectivity index (χ1) is 11.1. The molecule has 1 aliphatic carbocycles. The lowest BCUT2D eigenvalue weighted by atomic mass is 10.0. The third kappa shape index (κ3) is 2.26. The van der Waals surface area contributed by atoms with Crippen molar-refractivity contribution in [3.05, 3.63) is 80.8 Å². The van der Waals surface area contributed by atoms with Crippen LogP contribution in [0.1, 0.15) is 22.9 Å². The average molecular weight is 324 g/mol. The van der Waals surface area contributed by atoms with E-state index in [2.05, 4.69) is 16.1 Å². The second-order valence-electron chi connectivity index (χ2n) is 5.64. The molecule has 1 atom stereocenters. The average Bonchev–Trinajstić information content (AvgIpc) is 2.91. The molecule has 0 amide bonds. The molecular formula is C18H14ClN3O. The summed E-state index contributed by atoms with van der Waals surface area (Å²) in [6.45, 7) is 1.95. The number of hydrogen-bond acceptors (Lipinski definition) is 3. The molecule has 0 saturated carbocycles. The SMILES string of the molecule is Cc1c(Cc2ccccc2Cl)c(=O)nc2n1C1C=CC=CC1=N2. The normalized spacial score (nSPS) is 17.8. The lowest BCUT2D eigenvalue weighted by Crippen LogP contribution is -2.23. The van der Waals surface area contributed by atoms with Gasteiger partial charge in [0.1, 0.15) is 0 Å². The number of fused-ring (bicyclic) bond motifs is 3. The van der Waals surface area contributed by atoms with Crippen LogP contribution in [0, 0.1) is 6.92 Å². The number of aliphatic imine (C=N–C) groups is 1. The predicted octanol–water partition coefficient (Wildman–Crippen LogP) is 3.55. The molecule has 0 radical (unpaired) electrons. The van der Waals surface area contributed by atoms with Crippen molar-refractivity contribution < 1.29 is 0 Å². The van der Waals surface area contributed by atoms with Crippen molar-refractivity contribution in [3.8, 4) is 0 Å². The van der Waals surface area contributed by atoms with Gasteiger partial charge in [0.25, 0.3) is 5.56 Å². The van der Waals surface area contributed by atoms with E-state index in [-0.39, 0.29) is 11.6 Å². The fraction of sp³-hybridized carbons (Fsp3) is 0.167. The number of rotatable bonds is 2. The van der Waals surface area contributed by atoms with E-state index in [9.17, 15) is 4.79 Å². The highest BCUT2D eigenvalue weighted by molar-refractivity contribution is 6.31. The summed E-state index contributed by atoms with van der Waals surface area (Å²) in [6, 6.07) is 7.59. The van der Waals surface area contributed by atoms with Gasteiger partial charge in [-0.15, -0.1) is 0 Å². The molecule has 23 heavy (non-hydrogen) atoms. The quantitative estimate of drug-likeness (QED) is 0.848. The van der Waals surface area contributed by atoms with Gasteiger partial charge in [-0.2, -0.15) is 4.98 Å². The van der Waals surface area contributed by atoms with Crippen LogP contribution >= 0.6 is 11.6 Å². The Labute approximate surface area is 138 Å². The number of hydrogen-bond donors (Lipinski definition) is 0. The molecule has 2 aliphatic rings. The molecule has 1 aromatic heterocycles. The van der Waals surface area contributed by atoms with E-state index < -0.39 is 0 Å². The molecule has 4 rings (SSSR count). The first-order valence-electron chi connectivity index (χ1n) is 7.44. The van der Waals surface area contributed by atoms with E-state index in [4.69, 9.17) is 11.6 Å². The Morgan fingerprint density at radius 1 is 1.26 bits per heavy atom. The second-order valence-corrected chi connectivity index (χ2v) is 6.05. The summed E-state index contributed by atoms with van der Waals surface area (Å²) in [4.78, 5) is 21.1. The molecule has 0 bridgehead atoms. The van der Waals surface area contributed by atoms with Crippen LogP contribution in [-0.2, 0) is 6.42 Å². The first kappa shape index (κ1) is 14.2. The highest BCUT2D eigenvalue weighted by Crippen LogP contribution is 2.32. The largest absolute Gasteiger partial charge is 0.301 e. The minimum atomic E-state index is -0.232. The number of benzene rings is 1. The molecule has 1 aliphatic heterocycles. The van der Waals surface area contributed by atoms with E-state index in [0.717, 1.165) is 17.0 Å². The maximum atomic E-state index is 12.4. The molecule has 1 aromatic carbocycles. The van der Waals surface area contributed by atoms with Crippen molar-refractivity contribution in [2.75, 3.05) is 0 Å². The Morgan fingerprint density at radius 3 is 2.91 bits per heavy atom. The van der Waals surface area contributed by atoms with Gasteiger partial charge in [-0.05, 0) is 24.6 Å². The van der Waals surface area contributed by atoms with Crippen LogP contribution in [0.4, 0.5) is 5.95 Å². The highest BCUT2D eigenvalue weighted by atomic mass is 35.5. The van der Waals surface area contributed by atoms with Crippen LogP contribution in [-0.4, -0.2) is 15.3 Å². The summed E-state index contributed by atoms with van der Waals surface area (Å²) < 4.78 is 2.02. The lowest BCUT2D eigenvalue weighted by molar-refractivity contribution is 0.720. The molecule has 5 heteroatoms. The standard InChI is InChI=1S/C18H14ClN3O/c1-11-13(10-12-6-2-3-7-14(12)19)17(23)21-18-20-15-8-4-5-9-16(15)22(11)18/h2-9,16H,10H2,1H3. The highest BCUT2D eigenvalue weighted by Gasteiger charge is 2.28. The third-order valence-corrected chi connectivity index (χ3v) is 4.65. The molecule has 4 nitrogen and oxygen atoms in total. The van der Waals surface area contributed by atoms with Gasteiger partial charge in [-0.1, -0.05) is 48.0 Å². The summed E-state index contributed by atoms with van der Waals surface area (Å²) in [7, 11) is 0. The minimum Gasteiger partial charge on any atom is -0.301 e. The molecule has 2 heterocycles. The number of aromatic nitrogens is 2. The summed E-state index contributed by atoms with van der Waals surface area (Å²) >= 11 is 6.23. The van der Waals surface area contributed by atoms with Gasteiger partial charge < -0.3 is 4.57 Å². The van der Waals surface area contributed by atoms with E-state index in [1.54, 1.807) is 0 Å². The van der Waals surface area contributed by atoms with Crippen molar-refractivity contribution in [1.29, 1.82) is 0 Å². The van der Waals surface area contributed by atoms with Gasteiger partial charge in [-0.3, -0.25) is 4.79 Å². The third-order valence-electron chi connectivity index (χ3n) is 4.28. The first-order valence-corrected chi connectivity index (χ1v) is 7.82. The van der Waals surface area contributed by atoms with Crippen molar-refractivity contribution in [2.24, 2.45) is 4.99 Å². The molecule has 0 N–H and O–H groups in total. The zero-order valence-electron chi connectivity index (χ0n) is 12.5. The fourth-order valence-corrected chi connectivity index (χ4v) is 3.27. The zero-order valence-corrected chi connectivity index (χ0v) is 13.3. The summed E-state index contributed by atoms with van der Waals surface area (Å²) in [5.41, 5.74) is 3.17. The Hall–Kier alpha value is -2.46. The number of halogens is 1. The Balaban J connectivity index is 1.83. The summed E-state index contributed by atoms with van der Waals surface area (Å²) in [5.74, 6) is 0.478. The monoisotopic (exact) mass is 323 g/mol. The van der Waals surface area contributed by atoms with Gasteiger partial charge in [0.05, 0.1) is 11.8 Å². The van der Waals surface area contributed by atoms with Gasteiger partial charge >= 0.3 is 0 Å². The molecule has 114 valence electrons.